The van der Waals surface area contributed by atoms with Crippen molar-refractivity contribution in [1.82, 2.24) is 15.5 Å². The smallest absolute Gasteiger partial charge is 0.407 e. The molecule has 3 N–H and O–H groups in total. The topological polar surface area (TPSA) is 108 Å². The lowest BCUT2D eigenvalue weighted by Crippen LogP contribution is -2.39. The second kappa shape index (κ2) is 12.8. The summed E-state index contributed by atoms with van der Waals surface area (Å²) in [4.78, 5) is 35.8. The van der Waals surface area contributed by atoms with E-state index in [0.29, 0.717) is 13.0 Å². The van der Waals surface area contributed by atoms with E-state index in [1.165, 1.54) is 5.56 Å². The third-order valence-electron chi connectivity index (χ3n) is 4.27. The fraction of sp³-hybridized carbons (Fsp3) is 0.591. The molecule has 0 bridgehead atoms. The number of benzene rings is 1. The molecule has 1 unspecified atom stereocenters. The SMILES string of the molecule is CC(CCN(CCCCNC(=O)C(=O)O)Cc1ccccc1)NC(=O)OC(C)(C)C. The maximum atomic E-state index is 11.9. The van der Waals surface area contributed by atoms with Gasteiger partial charge in [0.2, 0.25) is 0 Å². The van der Waals surface area contributed by atoms with E-state index in [9.17, 15) is 14.4 Å². The third kappa shape index (κ3) is 12.1. The fourth-order valence-corrected chi connectivity index (χ4v) is 2.81. The molecule has 1 atom stereocenters. The molecular formula is C22H35N3O5. The van der Waals surface area contributed by atoms with Crippen LogP contribution in [0.2, 0.25) is 0 Å². The minimum Gasteiger partial charge on any atom is -0.474 e. The first-order chi connectivity index (χ1) is 14.1. The van der Waals surface area contributed by atoms with Crippen LogP contribution < -0.4 is 10.6 Å². The zero-order valence-corrected chi connectivity index (χ0v) is 18.4. The molecule has 1 aromatic carbocycles. The van der Waals surface area contributed by atoms with Crippen LogP contribution in [0.25, 0.3) is 0 Å². The Morgan fingerprint density at radius 1 is 1.10 bits per heavy atom. The summed E-state index contributed by atoms with van der Waals surface area (Å²) in [5.74, 6) is -2.44. The van der Waals surface area contributed by atoms with Crippen molar-refractivity contribution < 1.29 is 24.2 Å². The van der Waals surface area contributed by atoms with Crippen LogP contribution in [0.4, 0.5) is 4.79 Å². The van der Waals surface area contributed by atoms with E-state index in [4.69, 9.17) is 9.84 Å². The molecule has 8 nitrogen and oxygen atoms in total. The van der Waals surface area contributed by atoms with Crippen molar-refractivity contribution in [2.45, 2.75) is 65.1 Å². The average Bonchev–Trinajstić information content (AvgIpc) is 2.64. The van der Waals surface area contributed by atoms with Gasteiger partial charge in [-0.15, -0.1) is 0 Å². The third-order valence-corrected chi connectivity index (χ3v) is 4.27. The molecule has 0 fully saturated rings. The Morgan fingerprint density at radius 3 is 2.37 bits per heavy atom. The van der Waals surface area contributed by atoms with Gasteiger partial charge >= 0.3 is 18.0 Å². The summed E-state index contributed by atoms with van der Waals surface area (Å²) in [6.07, 6.45) is 1.86. The summed E-state index contributed by atoms with van der Waals surface area (Å²) < 4.78 is 5.30. The summed E-state index contributed by atoms with van der Waals surface area (Å²) in [5.41, 5.74) is 0.670. The standard InChI is InChI=1S/C22H35N3O5/c1-17(24-21(29)30-22(2,3)4)12-15-25(16-18-10-6-5-7-11-18)14-9-8-13-23-19(26)20(27)28/h5-7,10-11,17H,8-9,12-16H2,1-4H3,(H,23,26)(H,24,29)(H,27,28). The van der Waals surface area contributed by atoms with E-state index in [1.807, 2.05) is 45.9 Å². The molecule has 0 aliphatic heterocycles. The minimum absolute atomic E-state index is 0.0343. The molecule has 0 spiro atoms. The number of unbranched alkanes of at least 4 members (excludes halogenated alkanes) is 1. The number of nitrogens with zero attached hydrogens (tertiary/aromatic N) is 1. The molecule has 0 heterocycles. The fourth-order valence-electron chi connectivity index (χ4n) is 2.81. The van der Waals surface area contributed by atoms with Crippen LogP contribution in [-0.4, -0.2) is 59.3 Å². The predicted molar refractivity (Wildman–Crippen MR) is 115 cm³/mol. The highest BCUT2D eigenvalue weighted by Gasteiger charge is 2.18. The first-order valence-corrected chi connectivity index (χ1v) is 10.3. The Kier molecular flexibility index (Phi) is 10.9. The van der Waals surface area contributed by atoms with Gasteiger partial charge in [-0.3, -0.25) is 9.69 Å². The number of rotatable bonds is 11. The van der Waals surface area contributed by atoms with Gasteiger partial charge in [0.25, 0.3) is 0 Å². The van der Waals surface area contributed by atoms with Crippen molar-refractivity contribution >= 4 is 18.0 Å². The average molecular weight is 422 g/mol. The van der Waals surface area contributed by atoms with Gasteiger partial charge in [0.05, 0.1) is 0 Å². The van der Waals surface area contributed by atoms with Gasteiger partial charge in [0.1, 0.15) is 5.60 Å². The number of carboxylic acids is 1. The maximum absolute atomic E-state index is 11.9. The van der Waals surface area contributed by atoms with Crippen molar-refractivity contribution in [1.29, 1.82) is 0 Å². The number of hydrogen-bond acceptors (Lipinski definition) is 5. The molecule has 0 aliphatic rings. The van der Waals surface area contributed by atoms with E-state index in [1.54, 1.807) is 0 Å². The molecule has 0 radical (unpaired) electrons. The van der Waals surface area contributed by atoms with Crippen molar-refractivity contribution in [3.63, 3.8) is 0 Å². The molecular weight excluding hydrogens is 386 g/mol. The van der Waals surface area contributed by atoms with E-state index in [2.05, 4.69) is 27.7 Å². The number of hydrogen-bond donors (Lipinski definition) is 3. The first kappa shape index (κ1) is 25.4. The lowest BCUT2D eigenvalue weighted by atomic mass is 10.1. The molecule has 2 amide bonds. The Morgan fingerprint density at radius 2 is 1.77 bits per heavy atom. The highest BCUT2D eigenvalue weighted by atomic mass is 16.6. The van der Waals surface area contributed by atoms with Gasteiger partial charge in [-0.1, -0.05) is 30.3 Å². The normalized spacial score (nSPS) is 12.3. The van der Waals surface area contributed by atoms with E-state index in [-0.39, 0.29) is 6.04 Å². The molecule has 30 heavy (non-hydrogen) atoms. The van der Waals surface area contributed by atoms with E-state index >= 15 is 0 Å². The summed E-state index contributed by atoms with van der Waals surface area (Å²) >= 11 is 0. The lowest BCUT2D eigenvalue weighted by molar-refractivity contribution is -0.150. The van der Waals surface area contributed by atoms with E-state index < -0.39 is 23.6 Å². The predicted octanol–water partition coefficient (Wildman–Crippen LogP) is 2.77. The van der Waals surface area contributed by atoms with Crippen LogP contribution in [0, 0.1) is 0 Å². The van der Waals surface area contributed by atoms with Gasteiger partial charge in [0.15, 0.2) is 0 Å². The largest absolute Gasteiger partial charge is 0.474 e. The summed E-state index contributed by atoms with van der Waals surface area (Å²) in [5, 5.41) is 13.8. The first-order valence-electron chi connectivity index (χ1n) is 10.3. The molecule has 0 saturated heterocycles. The van der Waals surface area contributed by atoms with Crippen LogP contribution in [0.1, 0.15) is 52.5 Å². The number of carbonyl (C=O) groups excluding carboxylic acids is 2. The highest BCUT2D eigenvalue weighted by Crippen LogP contribution is 2.09. The van der Waals surface area contributed by atoms with Gasteiger partial charge in [-0.2, -0.15) is 0 Å². The number of carbonyl (C=O) groups is 3. The Bertz CT molecular complexity index is 673. The van der Waals surface area contributed by atoms with Crippen LogP contribution >= 0.6 is 0 Å². The maximum Gasteiger partial charge on any atom is 0.407 e. The van der Waals surface area contributed by atoms with Crippen LogP contribution in [0.3, 0.4) is 0 Å². The monoisotopic (exact) mass is 421 g/mol. The van der Waals surface area contributed by atoms with E-state index in [0.717, 1.165) is 32.5 Å². The molecule has 8 heteroatoms. The Labute approximate surface area is 179 Å². The second-order valence-electron chi connectivity index (χ2n) is 8.37. The summed E-state index contributed by atoms with van der Waals surface area (Å²) in [7, 11) is 0. The minimum atomic E-state index is -1.47. The van der Waals surface area contributed by atoms with Gasteiger partial charge < -0.3 is 20.5 Å². The van der Waals surface area contributed by atoms with Crippen LogP contribution in [-0.2, 0) is 20.9 Å². The second-order valence-corrected chi connectivity index (χ2v) is 8.37. The lowest BCUT2D eigenvalue weighted by Gasteiger charge is -2.25. The van der Waals surface area contributed by atoms with Gasteiger partial charge in [0, 0.05) is 25.7 Å². The number of ether oxygens (including phenoxy) is 1. The van der Waals surface area contributed by atoms with Gasteiger partial charge in [-0.25, -0.2) is 9.59 Å². The van der Waals surface area contributed by atoms with Crippen molar-refractivity contribution in [2.75, 3.05) is 19.6 Å². The molecule has 0 aliphatic carbocycles. The zero-order valence-electron chi connectivity index (χ0n) is 18.4. The van der Waals surface area contributed by atoms with Gasteiger partial charge in [-0.05, 0) is 59.1 Å². The van der Waals surface area contributed by atoms with Crippen molar-refractivity contribution in [3.05, 3.63) is 35.9 Å². The zero-order chi connectivity index (χ0) is 22.6. The molecule has 1 rings (SSSR count). The van der Waals surface area contributed by atoms with Crippen LogP contribution in [0.15, 0.2) is 30.3 Å². The van der Waals surface area contributed by atoms with Crippen molar-refractivity contribution in [2.24, 2.45) is 0 Å². The highest BCUT2D eigenvalue weighted by molar-refractivity contribution is 6.31. The number of aliphatic carboxylic acids is 1. The number of nitrogens with one attached hydrogen (secondary N) is 2. The summed E-state index contributed by atoms with van der Waals surface area (Å²) in [6.45, 7) is 10.1. The Hall–Kier alpha value is -2.61. The van der Waals surface area contributed by atoms with Crippen LogP contribution in [0.5, 0.6) is 0 Å². The molecule has 0 aromatic heterocycles. The molecule has 168 valence electrons. The quantitative estimate of drug-likeness (QED) is 0.375. The number of alkyl carbamates (subject to hydrolysis) is 1. The number of amides is 2. The molecule has 1 aromatic rings. The Balaban J connectivity index is 2.48. The van der Waals surface area contributed by atoms with Crippen molar-refractivity contribution in [3.8, 4) is 0 Å². The number of carboxylic acid groups (broad SMARTS) is 1. The molecule has 0 saturated carbocycles. The summed E-state index contributed by atoms with van der Waals surface area (Å²) in [6, 6.07) is 10.1.